The van der Waals surface area contributed by atoms with Gasteiger partial charge < -0.3 is 0 Å². The largest absolute Gasteiger partial charge is 0.242 e. The van der Waals surface area contributed by atoms with Gasteiger partial charge in [0.25, 0.3) is 0 Å². The lowest BCUT2D eigenvalue weighted by Crippen LogP contribution is -1.86. The molecule has 1 aromatic carbocycles. The van der Waals surface area contributed by atoms with E-state index in [4.69, 9.17) is 0 Å². The lowest BCUT2D eigenvalue weighted by Gasteiger charge is -2.02. The summed E-state index contributed by atoms with van der Waals surface area (Å²) in [7, 11) is 0. The Hall–Kier alpha value is -1.28. The molecule has 0 aliphatic heterocycles. The molecule has 0 bridgehead atoms. The second kappa shape index (κ2) is 3.84. The number of aromatic nitrogens is 1. The maximum absolute atomic E-state index is 4.37. The van der Waals surface area contributed by atoms with Crippen LogP contribution in [0.4, 0.5) is 0 Å². The summed E-state index contributed by atoms with van der Waals surface area (Å²) in [5.74, 6) is 0. The van der Waals surface area contributed by atoms with Crippen LogP contribution in [0.3, 0.4) is 0 Å². The van der Waals surface area contributed by atoms with E-state index >= 15 is 0 Å². The first kappa shape index (κ1) is 9.28. The molecule has 0 amide bonds. The molecular formula is C12H11NS. The number of rotatable bonds is 1. The fourth-order valence-electron chi connectivity index (χ4n) is 1.41. The van der Waals surface area contributed by atoms with Crippen molar-refractivity contribution in [2.45, 2.75) is 11.9 Å². The molecule has 70 valence electrons. The van der Waals surface area contributed by atoms with Crippen molar-refractivity contribution in [1.82, 2.24) is 4.98 Å². The minimum atomic E-state index is 0.767. The first-order valence-corrected chi connectivity index (χ1v) is 4.93. The highest BCUT2D eigenvalue weighted by Gasteiger charge is 1.99. The first-order chi connectivity index (χ1) is 6.75. The van der Waals surface area contributed by atoms with Gasteiger partial charge in [0.2, 0.25) is 0 Å². The summed E-state index contributed by atoms with van der Waals surface area (Å²) in [5.41, 5.74) is 3.30. The van der Waals surface area contributed by atoms with Crippen molar-refractivity contribution < 1.29 is 0 Å². The zero-order valence-electron chi connectivity index (χ0n) is 7.94. The van der Waals surface area contributed by atoms with Crippen molar-refractivity contribution in [3.63, 3.8) is 0 Å². The average molecular weight is 201 g/mol. The lowest BCUT2D eigenvalue weighted by atomic mass is 10.1. The lowest BCUT2D eigenvalue weighted by molar-refractivity contribution is 1.13. The van der Waals surface area contributed by atoms with Gasteiger partial charge in [0, 0.05) is 5.56 Å². The number of hydrogen-bond acceptors (Lipinski definition) is 2. The van der Waals surface area contributed by atoms with Crippen LogP contribution in [0.1, 0.15) is 5.56 Å². The summed E-state index contributed by atoms with van der Waals surface area (Å²) in [6.07, 6.45) is 0. The van der Waals surface area contributed by atoms with Crippen LogP contribution in [0, 0.1) is 6.92 Å². The van der Waals surface area contributed by atoms with E-state index in [1.54, 1.807) is 0 Å². The molecule has 14 heavy (non-hydrogen) atoms. The Balaban J connectivity index is 2.52. The third kappa shape index (κ3) is 1.96. The Kier molecular flexibility index (Phi) is 2.55. The predicted octanol–water partition coefficient (Wildman–Crippen LogP) is 3.35. The Bertz CT molecular complexity index is 417. The Labute approximate surface area is 89.2 Å². The van der Waals surface area contributed by atoms with Gasteiger partial charge in [-0.1, -0.05) is 30.3 Å². The fraction of sp³-hybridized carbons (Fsp3) is 0.0833. The van der Waals surface area contributed by atoms with E-state index in [0.717, 1.165) is 16.3 Å². The molecular weight excluding hydrogens is 190 g/mol. The van der Waals surface area contributed by atoms with Crippen LogP contribution in [0.25, 0.3) is 11.3 Å². The molecule has 0 N–H and O–H groups in total. The smallest absolute Gasteiger partial charge is 0.0939 e. The van der Waals surface area contributed by atoms with Crippen molar-refractivity contribution in [2.24, 2.45) is 0 Å². The molecule has 0 radical (unpaired) electrons. The molecule has 0 saturated heterocycles. The van der Waals surface area contributed by atoms with Crippen molar-refractivity contribution in [3.05, 3.63) is 48.0 Å². The van der Waals surface area contributed by atoms with Crippen LogP contribution in [0.15, 0.2) is 47.5 Å². The molecule has 0 fully saturated rings. The third-order valence-corrected chi connectivity index (χ3v) is 2.25. The molecule has 0 aliphatic rings. The summed E-state index contributed by atoms with van der Waals surface area (Å²) in [6, 6.07) is 14.1. The molecule has 2 heteroatoms. The maximum Gasteiger partial charge on any atom is 0.0939 e. The van der Waals surface area contributed by atoms with Crippen LogP contribution in [-0.4, -0.2) is 4.98 Å². The summed E-state index contributed by atoms with van der Waals surface area (Å²) < 4.78 is 0. The molecule has 1 aromatic heterocycles. The molecule has 1 heterocycles. The second-order valence-electron chi connectivity index (χ2n) is 3.25. The molecule has 0 aliphatic carbocycles. The number of thiol groups is 1. The van der Waals surface area contributed by atoms with Gasteiger partial charge in [-0.05, 0) is 24.6 Å². The number of pyridine rings is 1. The average Bonchev–Trinajstić information content (AvgIpc) is 2.18. The zero-order valence-corrected chi connectivity index (χ0v) is 8.83. The predicted molar refractivity (Wildman–Crippen MR) is 61.7 cm³/mol. The Morgan fingerprint density at radius 2 is 1.79 bits per heavy atom. The van der Waals surface area contributed by atoms with E-state index in [1.165, 1.54) is 5.56 Å². The summed E-state index contributed by atoms with van der Waals surface area (Å²) in [6.45, 7) is 2.05. The molecule has 2 aromatic rings. The van der Waals surface area contributed by atoms with Gasteiger partial charge >= 0.3 is 0 Å². The minimum absolute atomic E-state index is 0.767. The van der Waals surface area contributed by atoms with Gasteiger partial charge in [-0.3, -0.25) is 0 Å². The summed E-state index contributed by atoms with van der Waals surface area (Å²) in [5, 5.41) is 0.767. The van der Waals surface area contributed by atoms with Crippen molar-refractivity contribution in [1.29, 1.82) is 0 Å². The third-order valence-electron chi connectivity index (χ3n) is 2.03. The molecule has 0 spiro atoms. The summed E-state index contributed by atoms with van der Waals surface area (Å²) >= 11 is 4.26. The van der Waals surface area contributed by atoms with E-state index in [1.807, 2.05) is 31.2 Å². The van der Waals surface area contributed by atoms with Gasteiger partial charge in [0.15, 0.2) is 0 Å². The van der Waals surface area contributed by atoms with Gasteiger partial charge in [-0.25, -0.2) is 4.98 Å². The standard InChI is InChI=1S/C12H11NS/c1-9-7-11(13-12(14)8-9)10-5-3-2-4-6-10/h2-8H,1H3,(H,13,14). The quantitative estimate of drug-likeness (QED) is 0.698. The van der Waals surface area contributed by atoms with Crippen LogP contribution >= 0.6 is 12.6 Å². The number of aryl methyl sites for hydroxylation is 1. The van der Waals surface area contributed by atoms with Crippen molar-refractivity contribution >= 4 is 12.6 Å². The van der Waals surface area contributed by atoms with E-state index in [9.17, 15) is 0 Å². The molecule has 0 saturated carbocycles. The Morgan fingerprint density at radius 1 is 1.07 bits per heavy atom. The maximum atomic E-state index is 4.37. The van der Waals surface area contributed by atoms with E-state index in [-0.39, 0.29) is 0 Å². The van der Waals surface area contributed by atoms with Crippen LogP contribution < -0.4 is 0 Å². The van der Waals surface area contributed by atoms with Crippen molar-refractivity contribution in [3.8, 4) is 11.3 Å². The van der Waals surface area contributed by atoms with Gasteiger partial charge in [0.05, 0.1) is 10.7 Å². The fourth-order valence-corrected chi connectivity index (χ4v) is 1.72. The van der Waals surface area contributed by atoms with Gasteiger partial charge in [0.1, 0.15) is 0 Å². The molecule has 1 nitrogen and oxygen atoms in total. The van der Waals surface area contributed by atoms with E-state index in [2.05, 4.69) is 35.8 Å². The number of benzene rings is 1. The van der Waals surface area contributed by atoms with E-state index < -0.39 is 0 Å². The minimum Gasteiger partial charge on any atom is -0.242 e. The number of hydrogen-bond donors (Lipinski definition) is 1. The molecule has 0 atom stereocenters. The normalized spacial score (nSPS) is 10.1. The van der Waals surface area contributed by atoms with E-state index in [0.29, 0.717) is 0 Å². The molecule has 0 unspecified atom stereocenters. The summed E-state index contributed by atoms with van der Waals surface area (Å²) in [4.78, 5) is 4.37. The van der Waals surface area contributed by atoms with Gasteiger partial charge in [-0.2, -0.15) is 0 Å². The van der Waals surface area contributed by atoms with Crippen LogP contribution in [0.5, 0.6) is 0 Å². The van der Waals surface area contributed by atoms with Gasteiger partial charge in [-0.15, -0.1) is 12.6 Å². The monoisotopic (exact) mass is 201 g/mol. The highest BCUT2D eigenvalue weighted by molar-refractivity contribution is 7.80. The zero-order chi connectivity index (χ0) is 9.97. The highest BCUT2D eigenvalue weighted by Crippen LogP contribution is 2.19. The first-order valence-electron chi connectivity index (χ1n) is 4.49. The SMILES string of the molecule is Cc1cc(S)nc(-c2ccccc2)c1. The highest BCUT2D eigenvalue weighted by atomic mass is 32.1. The van der Waals surface area contributed by atoms with Crippen LogP contribution in [-0.2, 0) is 0 Å². The second-order valence-corrected chi connectivity index (χ2v) is 3.71. The molecule has 2 rings (SSSR count). The Morgan fingerprint density at radius 3 is 2.43 bits per heavy atom. The number of nitrogens with zero attached hydrogens (tertiary/aromatic N) is 1. The van der Waals surface area contributed by atoms with Crippen LogP contribution in [0.2, 0.25) is 0 Å². The topological polar surface area (TPSA) is 12.9 Å². The van der Waals surface area contributed by atoms with Crippen molar-refractivity contribution in [2.75, 3.05) is 0 Å².